The minimum absolute atomic E-state index is 0.265. The predicted octanol–water partition coefficient (Wildman–Crippen LogP) is 0.106. The van der Waals surface area contributed by atoms with Crippen molar-refractivity contribution in [3.8, 4) is 23.7 Å². The lowest BCUT2D eigenvalue weighted by Gasteiger charge is -2.19. The van der Waals surface area contributed by atoms with E-state index in [9.17, 15) is 14.7 Å². The lowest BCUT2D eigenvalue weighted by atomic mass is 10.1. The number of benzene rings is 1. The van der Waals surface area contributed by atoms with Crippen LogP contribution in [0.5, 0.6) is 0 Å². The van der Waals surface area contributed by atoms with E-state index in [1.807, 2.05) is 6.07 Å². The van der Waals surface area contributed by atoms with Crippen molar-refractivity contribution in [3.63, 3.8) is 0 Å². The van der Waals surface area contributed by atoms with Crippen LogP contribution in [-0.4, -0.2) is 47.4 Å². The third kappa shape index (κ3) is 7.91. The Bertz CT molecular complexity index is 1020. The molecule has 1 aromatic heterocycles. The van der Waals surface area contributed by atoms with E-state index in [-0.39, 0.29) is 5.56 Å². The highest BCUT2D eigenvalue weighted by Gasteiger charge is 2.25. The van der Waals surface area contributed by atoms with Crippen LogP contribution in [0.15, 0.2) is 40.8 Å². The van der Waals surface area contributed by atoms with Crippen LogP contribution in [0.1, 0.15) is 40.8 Å². The summed E-state index contributed by atoms with van der Waals surface area (Å²) < 4.78 is 5.59. The quantitative estimate of drug-likeness (QED) is 0.141. The van der Waals surface area contributed by atoms with Gasteiger partial charge in [-0.05, 0) is 80.6 Å². The molecule has 0 aliphatic heterocycles. The normalized spacial score (nSPS) is 11.9. The van der Waals surface area contributed by atoms with Gasteiger partial charge in [0.15, 0.2) is 5.76 Å². The molecule has 0 saturated carbocycles. The number of carbonyl (C=O) groups excluding carboxylic acids is 2. The molecule has 0 radical (unpaired) electrons. The molecular formula is C23H26N4O5. The lowest BCUT2D eigenvalue weighted by Crippen LogP contribution is -2.51. The Morgan fingerprint density at radius 2 is 1.84 bits per heavy atom. The molecule has 0 unspecified atom stereocenters. The first-order valence-corrected chi connectivity index (χ1v) is 9.99. The van der Waals surface area contributed by atoms with Gasteiger partial charge in [-0.25, -0.2) is 5.48 Å². The largest absolute Gasteiger partial charge is 0.451 e. The fourth-order valence-electron chi connectivity index (χ4n) is 2.58. The number of rotatable bonds is 9. The summed E-state index contributed by atoms with van der Waals surface area (Å²) in [6, 6.07) is 8.66. The number of amides is 2. The van der Waals surface area contributed by atoms with E-state index in [1.54, 1.807) is 18.2 Å². The molecule has 1 aromatic carbocycles. The number of hydrogen-bond donors (Lipinski definition) is 6. The highest BCUT2D eigenvalue weighted by molar-refractivity contribution is 5.97. The molecule has 0 spiro atoms. The number of nitrogens with one attached hydrogen (secondary N) is 3. The van der Waals surface area contributed by atoms with Crippen LogP contribution in [0.2, 0.25) is 0 Å². The molecule has 9 heteroatoms. The molecule has 32 heavy (non-hydrogen) atoms. The second-order valence-corrected chi connectivity index (χ2v) is 6.83. The van der Waals surface area contributed by atoms with E-state index >= 15 is 0 Å². The molecule has 1 heterocycles. The second-order valence-electron chi connectivity index (χ2n) is 6.83. The number of nitrogens with two attached hydrogens (primary N) is 1. The Morgan fingerprint density at radius 3 is 2.50 bits per heavy atom. The van der Waals surface area contributed by atoms with E-state index < -0.39 is 24.0 Å². The zero-order valence-corrected chi connectivity index (χ0v) is 17.6. The Hall–Kier alpha value is -3.60. The average molecular weight is 438 g/mol. The van der Waals surface area contributed by atoms with Crippen molar-refractivity contribution in [1.82, 2.24) is 16.1 Å². The molecule has 0 bridgehead atoms. The molecule has 2 atom stereocenters. The first-order valence-electron chi connectivity index (χ1n) is 9.99. The summed E-state index contributed by atoms with van der Waals surface area (Å²) in [6.45, 7) is 3.40. The Labute approximate surface area is 186 Å². The van der Waals surface area contributed by atoms with Crippen molar-refractivity contribution in [3.05, 3.63) is 59.0 Å². The van der Waals surface area contributed by atoms with Crippen molar-refractivity contribution in [2.24, 2.45) is 5.73 Å². The van der Waals surface area contributed by atoms with Gasteiger partial charge in [0.1, 0.15) is 11.8 Å². The second kappa shape index (κ2) is 13.0. The maximum atomic E-state index is 12.2. The molecule has 0 fully saturated rings. The number of hydroxylamine groups is 1. The molecule has 7 N–H and O–H groups in total. The standard InChI is InChI=1S/C23H26N4O5/c1-16(28)21(23(30)27-31)26-22(29)18-9-7-17(8-10-18)5-2-3-6-19-11-12-20(32-19)15-25-14-4-13-24/h7-12,16,21,25,28,31H,4,13-15,24H2,1H3,(H,26,29)(H,27,30)/t16-,21-/m0/s1. The molecule has 9 nitrogen and oxygen atoms in total. The van der Waals surface area contributed by atoms with Crippen LogP contribution in [0, 0.1) is 23.7 Å². The Kier molecular flexibility index (Phi) is 9.98. The van der Waals surface area contributed by atoms with Gasteiger partial charge >= 0.3 is 0 Å². The summed E-state index contributed by atoms with van der Waals surface area (Å²) in [5.74, 6) is 10.9. The van der Waals surface area contributed by atoms with Crippen LogP contribution in [0.4, 0.5) is 0 Å². The molecule has 2 aromatic rings. The number of aliphatic hydroxyl groups excluding tert-OH is 1. The minimum Gasteiger partial charge on any atom is -0.451 e. The van der Waals surface area contributed by atoms with Crippen LogP contribution < -0.4 is 21.8 Å². The first kappa shape index (κ1) is 24.7. The van der Waals surface area contributed by atoms with Gasteiger partial charge in [-0.1, -0.05) is 5.92 Å². The van der Waals surface area contributed by atoms with E-state index in [1.165, 1.54) is 24.5 Å². The average Bonchev–Trinajstić information content (AvgIpc) is 3.25. The molecule has 168 valence electrons. The van der Waals surface area contributed by atoms with Crippen molar-refractivity contribution in [1.29, 1.82) is 0 Å². The van der Waals surface area contributed by atoms with Crippen LogP contribution >= 0.6 is 0 Å². The Balaban J connectivity index is 1.92. The maximum absolute atomic E-state index is 12.2. The molecule has 0 saturated heterocycles. The van der Waals surface area contributed by atoms with Crippen LogP contribution in [0.25, 0.3) is 0 Å². The zero-order valence-electron chi connectivity index (χ0n) is 17.6. The smallest absolute Gasteiger partial charge is 0.268 e. The summed E-state index contributed by atoms with van der Waals surface area (Å²) >= 11 is 0. The van der Waals surface area contributed by atoms with Crippen molar-refractivity contribution >= 4 is 11.8 Å². The zero-order chi connectivity index (χ0) is 23.3. The third-order valence-electron chi connectivity index (χ3n) is 4.28. The van der Waals surface area contributed by atoms with E-state index in [0.717, 1.165) is 18.7 Å². The van der Waals surface area contributed by atoms with E-state index in [0.29, 0.717) is 24.4 Å². The number of furan rings is 1. The fraction of sp³-hybridized carbons (Fsp3) is 0.304. The number of carbonyl (C=O) groups is 2. The molecule has 2 amide bonds. The summed E-state index contributed by atoms with van der Waals surface area (Å²) in [7, 11) is 0. The van der Waals surface area contributed by atoms with Gasteiger partial charge < -0.3 is 25.9 Å². The van der Waals surface area contributed by atoms with Crippen molar-refractivity contribution < 1.29 is 24.3 Å². The van der Waals surface area contributed by atoms with Crippen LogP contribution in [-0.2, 0) is 11.3 Å². The third-order valence-corrected chi connectivity index (χ3v) is 4.28. The maximum Gasteiger partial charge on any atom is 0.268 e. The monoisotopic (exact) mass is 438 g/mol. The summed E-state index contributed by atoms with van der Waals surface area (Å²) in [6.07, 6.45) is -0.287. The van der Waals surface area contributed by atoms with Gasteiger partial charge in [0.2, 0.25) is 0 Å². The van der Waals surface area contributed by atoms with Gasteiger partial charge in [-0.3, -0.25) is 14.8 Å². The van der Waals surface area contributed by atoms with E-state index in [2.05, 4.69) is 34.3 Å². The van der Waals surface area contributed by atoms with Gasteiger partial charge in [-0.15, -0.1) is 0 Å². The topological polar surface area (TPSA) is 150 Å². The number of aliphatic hydroxyl groups is 1. The summed E-state index contributed by atoms with van der Waals surface area (Å²) in [5, 5.41) is 23.9. The molecule has 0 aliphatic rings. The highest BCUT2D eigenvalue weighted by Crippen LogP contribution is 2.07. The van der Waals surface area contributed by atoms with E-state index in [4.69, 9.17) is 15.4 Å². The van der Waals surface area contributed by atoms with Gasteiger partial charge in [0.05, 0.1) is 12.6 Å². The van der Waals surface area contributed by atoms with Crippen molar-refractivity contribution in [2.75, 3.05) is 13.1 Å². The fourth-order valence-corrected chi connectivity index (χ4v) is 2.58. The Morgan fingerprint density at radius 1 is 1.12 bits per heavy atom. The molecule has 0 aliphatic carbocycles. The van der Waals surface area contributed by atoms with Gasteiger partial charge in [0.25, 0.3) is 11.8 Å². The first-order chi connectivity index (χ1) is 15.4. The molecule has 2 rings (SSSR count). The minimum atomic E-state index is -1.29. The summed E-state index contributed by atoms with van der Waals surface area (Å²) in [4.78, 5) is 23.8. The summed E-state index contributed by atoms with van der Waals surface area (Å²) in [5.41, 5.74) is 7.76. The van der Waals surface area contributed by atoms with Crippen molar-refractivity contribution in [2.45, 2.75) is 32.0 Å². The predicted molar refractivity (Wildman–Crippen MR) is 117 cm³/mol. The lowest BCUT2D eigenvalue weighted by molar-refractivity contribution is -0.133. The van der Waals surface area contributed by atoms with Gasteiger partial charge in [0, 0.05) is 11.1 Å². The number of hydrogen-bond acceptors (Lipinski definition) is 7. The SMILES string of the molecule is C[C@H](O)[C@H](NC(=O)c1ccc(C#CC#Cc2ccc(CNCCCN)o2)cc1)C(=O)NO. The van der Waals surface area contributed by atoms with Gasteiger partial charge in [-0.2, -0.15) is 0 Å². The molecular weight excluding hydrogens is 412 g/mol. The highest BCUT2D eigenvalue weighted by atomic mass is 16.5. The van der Waals surface area contributed by atoms with Crippen LogP contribution in [0.3, 0.4) is 0 Å².